The lowest BCUT2D eigenvalue weighted by molar-refractivity contribution is -0.262. The van der Waals surface area contributed by atoms with Crippen molar-refractivity contribution in [1.29, 1.82) is 0 Å². The summed E-state index contributed by atoms with van der Waals surface area (Å²) in [6.45, 7) is 26.0. The van der Waals surface area contributed by atoms with Crippen molar-refractivity contribution in [2.75, 3.05) is 6.61 Å². The molecule has 8 saturated heterocycles. The first-order valence-electron chi connectivity index (χ1n) is 23.8. The minimum atomic E-state index is -1.66. The normalized spacial score (nSPS) is 48.2. The summed E-state index contributed by atoms with van der Waals surface area (Å²) in [7, 11) is -1.66. The van der Waals surface area contributed by atoms with Gasteiger partial charge >= 0.3 is 0 Å². The molecule has 1 spiro atoms. The molecule has 10 heteroatoms. The van der Waals surface area contributed by atoms with Crippen molar-refractivity contribution in [2.45, 2.75) is 229 Å². The van der Waals surface area contributed by atoms with Crippen molar-refractivity contribution < 1.29 is 42.7 Å². The number of fused-ring (bicyclic) bond motifs is 6. The van der Waals surface area contributed by atoms with Crippen molar-refractivity contribution in [3.8, 4) is 0 Å². The molecule has 0 aromatic rings. The van der Waals surface area contributed by atoms with Gasteiger partial charge in [-0.2, -0.15) is 0 Å². The number of hydrogen-bond acceptors (Lipinski definition) is 9. The smallest absolute Gasteiger partial charge is 0.191 e. The molecule has 328 valence electrons. The maximum atomic E-state index is 11.7. The lowest BCUT2D eigenvalue weighted by Gasteiger charge is -2.42. The lowest BCUT2D eigenvalue weighted by atomic mass is 9.78. The van der Waals surface area contributed by atoms with Crippen LogP contribution in [0.25, 0.3) is 0 Å². The highest BCUT2D eigenvalue weighted by Gasteiger charge is 2.67. The zero-order valence-electron chi connectivity index (χ0n) is 37.0. The Morgan fingerprint density at radius 2 is 1.48 bits per heavy atom. The minimum absolute atomic E-state index is 0.00348. The summed E-state index contributed by atoms with van der Waals surface area (Å²) in [6.07, 6.45) is 13.8. The summed E-state index contributed by atoms with van der Waals surface area (Å²) in [4.78, 5) is 0. The van der Waals surface area contributed by atoms with E-state index in [0.717, 1.165) is 70.8 Å². The van der Waals surface area contributed by atoms with Crippen LogP contribution >= 0.6 is 0 Å². The molecule has 19 atom stereocenters. The first-order valence-corrected chi connectivity index (χ1v) is 26.3. The van der Waals surface area contributed by atoms with Gasteiger partial charge in [-0.05, 0) is 111 Å². The second-order valence-corrected chi connectivity index (χ2v) is 25.1. The van der Waals surface area contributed by atoms with E-state index in [1.54, 1.807) is 0 Å². The minimum Gasteiger partial charge on any atom is -0.417 e. The van der Waals surface area contributed by atoms with Crippen molar-refractivity contribution in [3.63, 3.8) is 0 Å². The molecule has 58 heavy (non-hydrogen) atoms. The highest BCUT2D eigenvalue weighted by atomic mass is 28.4. The van der Waals surface area contributed by atoms with Crippen LogP contribution in [0, 0.1) is 29.6 Å². The first-order chi connectivity index (χ1) is 27.8. The Kier molecular flexibility index (Phi) is 13.6. The maximum absolute atomic E-state index is 11.7. The van der Waals surface area contributed by atoms with E-state index in [2.05, 4.69) is 73.8 Å². The van der Waals surface area contributed by atoms with Gasteiger partial charge in [-0.3, -0.25) is 0 Å². The molecule has 9 rings (SSSR count). The monoisotopic (exact) mass is 827 g/mol. The van der Waals surface area contributed by atoms with Gasteiger partial charge in [0.2, 0.25) is 0 Å². The zero-order valence-corrected chi connectivity index (χ0v) is 38.0. The Hall–Kier alpha value is -0.923. The Morgan fingerprint density at radius 1 is 0.776 bits per heavy atom. The largest absolute Gasteiger partial charge is 0.417 e. The first kappa shape index (κ1) is 43.7. The quantitative estimate of drug-likeness (QED) is 0.190. The van der Waals surface area contributed by atoms with E-state index in [0.29, 0.717) is 30.6 Å². The van der Waals surface area contributed by atoms with Crippen LogP contribution in [0.4, 0.5) is 0 Å². The third-order valence-corrected chi connectivity index (χ3v) is 21.1. The topological polar surface area (TPSA) is 94.1 Å². The summed E-state index contributed by atoms with van der Waals surface area (Å²) in [5, 5.41) is 11.7. The highest BCUT2D eigenvalue weighted by Crippen LogP contribution is 2.54. The molecule has 9 aliphatic rings. The number of aliphatic hydroxyl groups is 1. The molecule has 0 saturated carbocycles. The maximum Gasteiger partial charge on any atom is 0.191 e. The second kappa shape index (κ2) is 18.1. The standard InChI is InChI=1S/C48H78O9Si/c1-10-58(11-2,12-3)50-27-28(4)21-40-32(8)37-24-34(49)15-13-14-16-39-33(9)44-46-47(54-39)45-43(55-46)26-48(56-44,57-45)20-19-36-23-30(6)38(51-36)18-17-35-22-29(5)31(7)41(52-35)25-42(37)53-40/h13-14,28-29,32-47,49H,6-7,10-12,15-27H2,1-5,8-9H3/b14-13+/t28-,29+,32+,33-,34?,35-,36-,37+,38?,39-,40+,41+,42?,43+,44-,45-,46-,47-,48+/m0/s1. The average Bonchev–Trinajstić information content (AvgIpc) is 3.87. The van der Waals surface area contributed by atoms with Crippen LogP contribution < -0.4 is 0 Å². The predicted octanol–water partition coefficient (Wildman–Crippen LogP) is 9.22. The van der Waals surface area contributed by atoms with Crippen LogP contribution in [-0.2, 0) is 37.6 Å². The van der Waals surface area contributed by atoms with E-state index in [-0.39, 0.29) is 85.1 Å². The van der Waals surface area contributed by atoms with Crippen LogP contribution in [0.15, 0.2) is 36.5 Å². The summed E-state index contributed by atoms with van der Waals surface area (Å²) in [5.74, 6) is 0.798. The zero-order chi connectivity index (χ0) is 40.9. The van der Waals surface area contributed by atoms with E-state index in [1.165, 1.54) is 29.3 Å². The fourth-order valence-electron chi connectivity index (χ4n) is 12.4. The second-order valence-electron chi connectivity index (χ2n) is 20.3. The van der Waals surface area contributed by atoms with Crippen molar-refractivity contribution in [1.82, 2.24) is 0 Å². The molecule has 0 aromatic carbocycles. The van der Waals surface area contributed by atoms with Crippen LogP contribution in [0.5, 0.6) is 0 Å². The van der Waals surface area contributed by atoms with Crippen molar-refractivity contribution in [3.05, 3.63) is 36.5 Å². The summed E-state index contributed by atoms with van der Waals surface area (Å²) < 4.78 is 54.8. The van der Waals surface area contributed by atoms with Gasteiger partial charge in [0, 0.05) is 31.8 Å². The van der Waals surface area contributed by atoms with Gasteiger partial charge in [0.15, 0.2) is 14.1 Å². The molecule has 0 aliphatic carbocycles. The van der Waals surface area contributed by atoms with Crippen LogP contribution in [0.2, 0.25) is 18.1 Å². The van der Waals surface area contributed by atoms with E-state index < -0.39 is 20.2 Å². The molecule has 0 amide bonds. The van der Waals surface area contributed by atoms with E-state index in [4.69, 9.17) is 37.6 Å². The molecule has 9 heterocycles. The van der Waals surface area contributed by atoms with E-state index >= 15 is 0 Å². The van der Waals surface area contributed by atoms with Gasteiger partial charge in [-0.25, -0.2) is 0 Å². The lowest BCUT2D eigenvalue weighted by Crippen LogP contribution is -2.54. The number of hydrogen-bond donors (Lipinski definition) is 1. The highest BCUT2D eigenvalue weighted by molar-refractivity contribution is 6.73. The number of ether oxygens (including phenoxy) is 7. The molecule has 11 bridgehead atoms. The van der Waals surface area contributed by atoms with Crippen LogP contribution in [0.1, 0.15) is 126 Å². The third kappa shape index (κ3) is 8.83. The van der Waals surface area contributed by atoms with E-state index in [9.17, 15) is 5.11 Å². The predicted molar refractivity (Wildman–Crippen MR) is 228 cm³/mol. The summed E-state index contributed by atoms with van der Waals surface area (Å²) in [6, 6.07) is 3.50. The Balaban J connectivity index is 0.996. The fraction of sp³-hybridized carbons (Fsp3) is 0.875. The molecular weight excluding hydrogens is 749 g/mol. The van der Waals surface area contributed by atoms with Gasteiger partial charge in [0.1, 0.15) is 18.3 Å². The molecule has 1 N–H and O–H groups in total. The molecule has 8 fully saturated rings. The number of rotatable bonds is 8. The van der Waals surface area contributed by atoms with Gasteiger partial charge in [0.25, 0.3) is 0 Å². The van der Waals surface area contributed by atoms with Gasteiger partial charge in [0.05, 0.1) is 61.0 Å². The Bertz CT molecular complexity index is 1460. The summed E-state index contributed by atoms with van der Waals surface area (Å²) >= 11 is 0. The molecule has 0 radical (unpaired) electrons. The fourth-order valence-corrected chi connectivity index (χ4v) is 15.1. The third-order valence-electron chi connectivity index (χ3n) is 16.5. The van der Waals surface area contributed by atoms with Crippen LogP contribution in [0.3, 0.4) is 0 Å². The molecule has 9 aliphatic heterocycles. The Morgan fingerprint density at radius 3 is 2.26 bits per heavy atom. The van der Waals surface area contributed by atoms with Gasteiger partial charge in [-0.1, -0.05) is 73.8 Å². The SMILES string of the molecule is C=C1C[C@@H]2CC[C@@]34C[C@H]5O[C@@H]6[C@@H](O[C@@H](C/C=C/CC(O)C[C@H]7C(C[C@H]8O[C@@H](CCC1O2)C[C@@H](C)C8=C)O[C@H](C[C@H](C)CO[Si](CC)(CC)CC)[C@@H]7C)[C@H](C)[C@@H]6O3)[C@H]5O4. The average molecular weight is 827 g/mol. The van der Waals surface area contributed by atoms with E-state index in [1.807, 2.05) is 0 Å². The molecule has 9 nitrogen and oxygen atoms in total. The van der Waals surface area contributed by atoms with Crippen molar-refractivity contribution in [2.24, 2.45) is 29.6 Å². The number of aliphatic hydroxyl groups excluding tert-OH is 1. The van der Waals surface area contributed by atoms with Gasteiger partial charge < -0.3 is 42.7 Å². The summed E-state index contributed by atoms with van der Waals surface area (Å²) in [5.41, 5.74) is 2.37. The van der Waals surface area contributed by atoms with Gasteiger partial charge in [-0.15, -0.1) is 0 Å². The van der Waals surface area contributed by atoms with Crippen molar-refractivity contribution >= 4 is 8.32 Å². The van der Waals surface area contributed by atoms with Crippen LogP contribution in [-0.4, -0.2) is 105 Å². The molecule has 3 unspecified atom stereocenters. The molecular formula is C48H78O9Si. The molecule has 0 aromatic heterocycles. The Labute approximate surface area is 351 Å².